The largest absolute Gasteiger partial charge is 0.495 e. The monoisotopic (exact) mass is 584 g/mol. The summed E-state index contributed by atoms with van der Waals surface area (Å²) in [6, 6.07) is 7.93. The Morgan fingerprint density at radius 2 is 1.33 bits per heavy atom. The second-order valence-corrected chi connectivity index (χ2v) is 9.87. The minimum absolute atomic E-state index is 0.252. The molecule has 0 amide bonds. The van der Waals surface area contributed by atoms with Crippen LogP contribution in [0, 0.1) is 0 Å². The van der Waals surface area contributed by atoms with E-state index in [1.807, 2.05) is 0 Å². The van der Waals surface area contributed by atoms with Gasteiger partial charge in [0.1, 0.15) is 17.3 Å². The molecule has 0 unspecified atom stereocenters. The summed E-state index contributed by atoms with van der Waals surface area (Å²) in [4.78, 5) is 8.08. The zero-order valence-electron chi connectivity index (χ0n) is 20.1. The van der Waals surface area contributed by atoms with Crippen LogP contribution in [0.25, 0.3) is 0 Å². The number of pyridine rings is 2. The number of allylic oxidation sites excluding steroid dienone is 2. The van der Waals surface area contributed by atoms with Crippen LogP contribution in [0.15, 0.2) is 106 Å². The maximum atomic E-state index is 15.6. The topological polar surface area (TPSA) is 50.7 Å². The molecule has 2 aromatic heterocycles. The summed E-state index contributed by atoms with van der Waals surface area (Å²) in [6.07, 6.45) is 6.39. The highest BCUT2D eigenvalue weighted by Crippen LogP contribution is 2.64. The first-order chi connectivity index (χ1) is 18.5. The number of methoxy groups -OCH3 is 2. The summed E-state index contributed by atoms with van der Waals surface area (Å²) >= 11 is 1.91. The second-order valence-electron chi connectivity index (χ2n) is 8.19. The maximum absolute atomic E-state index is 15.6. The number of ether oxygens (including phenoxy) is 2. The third kappa shape index (κ3) is 4.25. The van der Waals surface area contributed by atoms with Gasteiger partial charge < -0.3 is 9.47 Å². The Kier molecular flexibility index (Phi) is 6.87. The van der Waals surface area contributed by atoms with Crippen LogP contribution in [-0.2, 0) is 9.47 Å². The van der Waals surface area contributed by atoms with E-state index in [1.165, 1.54) is 44.1 Å². The minimum atomic E-state index is -5.77. The van der Waals surface area contributed by atoms with Crippen molar-refractivity contribution in [1.82, 2.24) is 9.97 Å². The highest BCUT2D eigenvalue weighted by Gasteiger charge is 2.81. The smallest absolute Gasteiger partial charge is 0.380 e. The molecule has 3 aliphatic rings. The zero-order valence-corrected chi connectivity index (χ0v) is 21.8. The molecule has 5 rings (SSSR count). The van der Waals surface area contributed by atoms with Gasteiger partial charge in [0.2, 0.25) is 0 Å². The second kappa shape index (κ2) is 9.90. The molecule has 4 heterocycles. The number of rotatable bonds is 6. The normalized spacial score (nSPS) is 21.6. The van der Waals surface area contributed by atoms with E-state index in [-0.39, 0.29) is 17.3 Å². The van der Waals surface area contributed by atoms with Crippen LogP contribution in [0.5, 0.6) is 0 Å². The molecule has 0 bridgehead atoms. The third-order valence-electron chi connectivity index (χ3n) is 5.99. The van der Waals surface area contributed by atoms with Gasteiger partial charge in [-0.15, -0.1) is 0 Å². The lowest BCUT2D eigenvalue weighted by atomic mass is 9.93. The first-order valence-electron chi connectivity index (χ1n) is 11.1. The minimum Gasteiger partial charge on any atom is -0.495 e. The van der Waals surface area contributed by atoms with Crippen molar-refractivity contribution in [2.24, 2.45) is 0 Å². The van der Waals surface area contributed by atoms with E-state index in [1.54, 1.807) is 24.3 Å². The predicted molar refractivity (Wildman–Crippen MR) is 137 cm³/mol. The van der Waals surface area contributed by atoms with Gasteiger partial charge in [-0.2, -0.15) is 26.3 Å². The van der Waals surface area contributed by atoms with Crippen molar-refractivity contribution >= 4 is 35.4 Å². The molecule has 204 valence electrons. The third-order valence-corrected chi connectivity index (χ3v) is 7.69. The lowest BCUT2D eigenvalue weighted by molar-refractivity contribution is -0.264. The van der Waals surface area contributed by atoms with Crippen molar-refractivity contribution in [3.8, 4) is 0 Å². The fraction of sp³-hybridized carbons (Fsp3) is 0.200. The van der Waals surface area contributed by atoms with Gasteiger partial charge in [0, 0.05) is 46.8 Å². The summed E-state index contributed by atoms with van der Waals surface area (Å²) in [7, 11) is 2.25. The van der Waals surface area contributed by atoms with E-state index in [2.05, 4.69) is 9.97 Å². The lowest BCUT2D eigenvalue weighted by Gasteiger charge is -2.28. The van der Waals surface area contributed by atoms with Gasteiger partial charge in [-0.1, -0.05) is 6.07 Å². The molecule has 0 N–H and O–H groups in total. The molecule has 0 atom stereocenters. The van der Waals surface area contributed by atoms with E-state index < -0.39 is 40.1 Å². The highest BCUT2D eigenvalue weighted by atomic mass is 32.2. The molecule has 14 heteroatoms. The molecule has 0 saturated heterocycles. The Balaban J connectivity index is 1.78. The van der Waals surface area contributed by atoms with Gasteiger partial charge in [-0.3, -0.25) is 13.6 Å². The zero-order chi connectivity index (χ0) is 28.0. The van der Waals surface area contributed by atoms with Crippen LogP contribution in [0.3, 0.4) is 0 Å². The molecule has 0 saturated carbocycles. The predicted octanol–water partition coefficient (Wildman–Crippen LogP) is 7.07. The number of nitrogens with zero attached hydrogens (tertiary/aromatic N) is 4. The van der Waals surface area contributed by atoms with E-state index in [9.17, 15) is 0 Å². The summed E-state index contributed by atoms with van der Waals surface area (Å²) in [5, 5.41) is 2.51. The van der Waals surface area contributed by atoms with Crippen molar-refractivity contribution in [3.63, 3.8) is 0 Å². The summed E-state index contributed by atoms with van der Waals surface area (Å²) < 4.78 is 105. The fourth-order valence-corrected chi connectivity index (χ4v) is 5.75. The van der Waals surface area contributed by atoms with Gasteiger partial charge >= 0.3 is 17.8 Å². The van der Waals surface area contributed by atoms with E-state index >= 15 is 26.3 Å². The van der Waals surface area contributed by atoms with Gasteiger partial charge in [-0.05, 0) is 48.2 Å². The average molecular weight is 585 g/mol. The molecule has 6 nitrogen and oxygen atoms in total. The maximum Gasteiger partial charge on any atom is 0.380 e. The molecule has 0 radical (unpaired) electrons. The van der Waals surface area contributed by atoms with Gasteiger partial charge in [0.25, 0.3) is 0 Å². The highest BCUT2D eigenvalue weighted by molar-refractivity contribution is 8.03. The van der Waals surface area contributed by atoms with E-state index in [0.717, 1.165) is 50.5 Å². The Labute approximate surface area is 227 Å². The van der Waals surface area contributed by atoms with E-state index in [4.69, 9.17) is 9.47 Å². The number of hydrogen-bond acceptors (Lipinski definition) is 8. The van der Waals surface area contributed by atoms with Crippen LogP contribution in [0.1, 0.15) is 0 Å². The summed E-state index contributed by atoms with van der Waals surface area (Å²) in [5.74, 6) is -16.7. The molecular weight excluding hydrogens is 566 g/mol. The first kappa shape index (κ1) is 27.1. The Morgan fingerprint density at radius 3 is 1.85 bits per heavy atom. The number of hydrogen-bond donors (Lipinski definition) is 0. The fourth-order valence-electron chi connectivity index (χ4n) is 4.11. The molecule has 0 aromatic carbocycles. The molecule has 1 aliphatic carbocycles. The van der Waals surface area contributed by atoms with Crippen molar-refractivity contribution < 1.29 is 35.8 Å². The van der Waals surface area contributed by atoms with Crippen LogP contribution in [-0.4, -0.2) is 42.0 Å². The average Bonchev–Trinajstić information content (AvgIpc) is 3.06. The number of halogens is 6. The van der Waals surface area contributed by atoms with Crippen LogP contribution >= 0.6 is 23.9 Å². The van der Waals surface area contributed by atoms with Gasteiger partial charge in [0.15, 0.2) is 0 Å². The standard InChI is InChI=1S/C25H18F6N4O2S2/c1-36-18-13-38-34(15-6-5-8-32-10-15)11-16(18)21-22(24(28,29)25(30,31)23(21,26)27)17-12-35(39-14-19(17)37-2)20-7-3-4-9-33-20/h3-14H,1-2H3. The summed E-state index contributed by atoms with van der Waals surface area (Å²) in [5.41, 5.74) is -4.07. The van der Waals surface area contributed by atoms with Crippen molar-refractivity contribution in [1.29, 1.82) is 0 Å². The van der Waals surface area contributed by atoms with Crippen molar-refractivity contribution in [3.05, 3.63) is 106 Å². The molecule has 2 aromatic rings. The molecule has 2 aliphatic heterocycles. The Morgan fingerprint density at radius 1 is 0.744 bits per heavy atom. The summed E-state index contributed by atoms with van der Waals surface area (Å²) in [6.45, 7) is 0. The van der Waals surface area contributed by atoms with Crippen LogP contribution in [0.2, 0.25) is 0 Å². The van der Waals surface area contributed by atoms with Crippen molar-refractivity contribution in [2.75, 3.05) is 22.8 Å². The number of alkyl halides is 6. The van der Waals surface area contributed by atoms with Crippen molar-refractivity contribution in [2.45, 2.75) is 17.8 Å². The Bertz CT molecular complexity index is 1320. The lowest BCUT2D eigenvalue weighted by Crippen LogP contribution is -2.49. The van der Waals surface area contributed by atoms with Crippen LogP contribution < -0.4 is 8.61 Å². The van der Waals surface area contributed by atoms with Crippen LogP contribution in [0.4, 0.5) is 37.8 Å². The number of anilines is 2. The SMILES string of the molecule is COC1=CSN(c2cccnc2)C=C1C1=C(C2=CN(c3ccccn3)SC=C2OC)C(F)(F)C(F)(F)C1(F)F. The van der Waals surface area contributed by atoms with Gasteiger partial charge in [-0.25, -0.2) is 4.98 Å². The molecule has 39 heavy (non-hydrogen) atoms. The quantitative estimate of drug-likeness (QED) is 0.264. The first-order valence-corrected chi connectivity index (χ1v) is 12.8. The van der Waals surface area contributed by atoms with Gasteiger partial charge in [0.05, 0.1) is 37.3 Å². The van der Waals surface area contributed by atoms with E-state index in [0.29, 0.717) is 5.69 Å². The molecular formula is C25H18F6N4O2S2. The molecule has 0 fully saturated rings. The number of aromatic nitrogens is 2. The Hall–Kier alpha value is -3.52. The molecule has 0 spiro atoms.